The Labute approximate surface area is 111 Å². The smallest absolute Gasteiger partial charge is 0.248 e. The lowest BCUT2D eigenvalue weighted by Gasteiger charge is -2.06. The quantitative estimate of drug-likeness (QED) is 0.906. The molecule has 1 saturated heterocycles. The molecule has 0 radical (unpaired) electrons. The molecule has 2 aromatic rings. The Balaban J connectivity index is 1.70. The fourth-order valence-electron chi connectivity index (χ4n) is 2.29. The third-order valence-electron chi connectivity index (χ3n) is 3.34. The Morgan fingerprint density at radius 2 is 2.16 bits per heavy atom. The van der Waals surface area contributed by atoms with Crippen LogP contribution in [0.2, 0.25) is 0 Å². The van der Waals surface area contributed by atoms with Gasteiger partial charge in [-0.25, -0.2) is 0 Å². The minimum absolute atomic E-state index is 0.221. The summed E-state index contributed by atoms with van der Waals surface area (Å²) in [6.45, 7) is 0.832. The predicted molar refractivity (Wildman–Crippen MR) is 69.4 cm³/mol. The van der Waals surface area contributed by atoms with Gasteiger partial charge in [0.05, 0.1) is 6.10 Å². The fraction of sp³-hybridized carbons (Fsp3) is 0.429. The third-order valence-corrected chi connectivity index (χ3v) is 3.34. The molecule has 0 saturated carbocycles. The molecule has 0 spiro atoms. The van der Waals surface area contributed by atoms with Crippen molar-refractivity contribution in [2.24, 2.45) is 5.73 Å². The monoisotopic (exact) mass is 259 g/mol. The molecule has 1 fully saturated rings. The lowest BCUT2D eigenvalue weighted by Crippen LogP contribution is -2.13. The summed E-state index contributed by atoms with van der Waals surface area (Å²) in [5, 5.41) is 3.98. The minimum atomic E-state index is -0.369. The highest BCUT2D eigenvalue weighted by molar-refractivity contribution is 5.22. The van der Waals surface area contributed by atoms with E-state index in [-0.39, 0.29) is 12.1 Å². The van der Waals surface area contributed by atoms with E-state index in [2.05, 4.69) is 10.1 Å². The Kier molecular flexibility index (Phi) is 3.57. The highest BCUT2D eigenvalue weighted by Crippen LogP contribution is 2.19. The van der Waals surface area contributed by atoms with Crippen LogP contribution in [0.4, 0.5) is 0 Å². The molecule has 1 aliphatic rings. The number of benzene rings is 1. The predicted octanol–water partition coefficient (Wildman–Crippen LogP) is 1.84. The molecule has 100 valence electrons. The summed E-state index contributed by atoms with van der Waals surface area (Å²) in [5.41, 5.74) is 7.08. The van der Waals surface area contributed by atoms with Crippen LogP contribution < -0.4 is 5.73 Å². The van der Waals surface area contributed by atoms with Crippen molar-refractivity contribution in [1.82, 2.24) is 10.1 Å². The van der Waals surface area contributed by atoms with Gasteiger partial charge in [-0.15, -0.1) is 0 Å². The summed E-state index contributed by atoms with van der Waals surface area (Å²) in [4.78, 5) is 4.37. The number of nitrogens with zero attached hydrogens (tertiary/aromatic N) is 2. The molecule has 5 heteroatoms. The first-order valence-corrected chi connectivity index (χ1v) is 6.57. The van der Waals surface area contributed by atoms with Crippen molar-refractivity contribution in [3.63, 3.8) is 0 Å². The van der Waals surface area contributed by atoms with Crippen molar-refractivity contribution in [3.05, 3.63) is 47.6 Å². The van der Waals surface area contributed by atoms with Crippen LogP contribution in [0.3, 0.4) is 0 Å². The van der Waals surface area contributed by atoms with Crippen LogP contribution in [0.1, 0.15) is 36.2 Å². The van der Waals surface area contributed by atoms with Crippen molar-refractivity contribution in [3.8, 4) is 0 Å². The fourth-order valence-corrected chi connectivity index (χ4v) is 2.29. The maximum absolute atomic E-state index is 6.11. The van der Waals surface area contributed by atoms with Crippen molar-refractivity contribution in [2.75, 3.05) is 6.61 Å². The molecule has 2 N–H and O–H groups in total. The molecule has 1 aromatic heterocycles. The highest BCUT2D eigenvalue weighted by atomic mass is 16.5. The Morgan fingerprint density at radius 1 is 1.32 bits per heavy atom. The molecule has 1 aliphatic heterocycles. The van der Waals surface area contributed by atoms with E-state index in [9.17, 15) is 0 Å². The number of aromatic nitrogens is 2. The maximum atomic E-state index is 6.11. The Bertz CT molecular complexity index is 520. The van der Waals surface area contributed by atoms with Crippen molar-refractivity contribution in [2.45, 2.75) is 31.4 Å². The lowest BCUT2D eigenvalue weighted by atomic mass is 10.1. The van der Waals surface area contributed by atoms with Gasteiger partial charge in [0.2, 0.25) is 5.89 Å². The van der Waals surface area contributed by atoms with Gasteiger partial charge in [0.15, 0.2) is 5.82 Å². The first-order valence-electron chi connectivity index (χ1n) is 6.57. The van der Waals surface area contributed by atoms with Gasteiger partial charge in [0.1, 0.15) is 6.04 Å². The van der Waals surface area contributed by atoms with Gasteiger partial charge in [0.25, 0.3) is 0 Å². The average Bonchev–Trinajstić information content (AvgIpc) is 3.11. The first-order chi connectivity index (χ1) is 9.33. The number of hydrogen-bond donors (Lipinski definition) is 1. The SMILES string of the molecule is N[C@H](c1ccccc1)c1nc(CC2CCCO2)no1. The van der Waals surface area contributed by atoms with Gasteiger partial charge in [-0.05, 0) is 18.4 Å². The normalized spacial score (nSPS) is 20.6. The van der Waals surface area contributed by atoms with Crippen molar-refractivity contribution >= 4 is 0 Å². The zero-order valence-electron chi connectivity index (χ0n) is 10.7. The molecule has 0 aliphatic carbocycles. The second-order valence-corrected chi connectivity index (χ2v) is 4.78. The molecular weight excluding hydrogens is 242 g/mol. The van der Waals surface area contributed by atoms with Crippen LogP contribution in [0.15, 0.2) is 34.9 Å². The lowest BCUT2D eigenvalue weighted by molar-refractivity contribution is 0.109. The van der Waals surface area contributed by atoms with Crippen LogP contribution in [0.5, 0.6) is 0 Å². The van der Waals surface area contributed by atoms with Crippen LogP contribution in [0.25, 0.3) is 0 Å². The van der Waals surface area contributed by atoms with E-state index in [0.29, 0.717) is 18.1 Å². The molecule has 0 amide bonds. The Morgan fingerprint density at radius 3 is 2.89 bits per heavy atom. The third kappa shape index (κ3) is 2.83. The van der Waals surface area contributed by atoms with Crippen LogP contribution in [-0.4, -0.2) is 22.9 Å². The molecule has 3 rings (SSSR count). The minimum Gasteiger partial charge on any atom is -0.378 e. The number of ether oxygens (including phenoxy) is 1. The van der Waals surface area contributed by atoms with E-state index in [4.69, 9.17) is 15.0 Å². The van der Waals surface area contributed by atoms with Crippen molar-refractivity contribution in [1.29, 1.82) is 0 Å². The molecule has 2 atom stereocenters. The summed E-state index contributed by atoms with van der Waals surface area (Å²) in [5.74, 6) is 1.13. The van der Waals surface area contributed by atoms with Crippen molar-refractivity contribution < 1.29 is 9.26 Å². The second-order valence-electron chi connectivity index (χ2n) is 4.78. The summed E-state index contributed by atoms with van der Waals surface area (Å²) in [6, 6.07) is 9.38. The van der Waals surface area contributed by atoms with E-state index in [1.807, 2.05) is 30.3 Å². The molecule has 19 heavy (non-hydrogen) atoms. The van der Waals surface area contributed by atoms with E-state index in [1.54, 1.807) is 0 Å². The van der Waals surface area contributed by atoms with E-state index < -0.39 is 0 Å². The standard InChI is InChI=1S/C14H17N3O2/c15-13(10-5-2-1-3-6-10)14-16-12(17-19-14)9-11-7-4-8-18-11/h1-3,5-6,11,13H,4,7-9,15H2/t11?,13-/m1/s1. The van der Waals surface area contributed by atoms with Gasteiger partial charge in [-0.2, -0.15) is 4.98 Å². The van der Waals surface area contributed by atoms with Crippen LogP contribution in [-0.2, 0) is 11.2 Å². The van der Waals surface area contributed by atoms with E-state index in [1.165, 1.54) is 0 Å². The summed E-state index contributed by atoms with van der Waals surface area (Å²) in [7, 11) is 0. The number of hydrogen-bond acceptors (Lipinski definition) is 5. The summed E-state index contributed by atoms with van der Waals surface area (Å²) in [6.07, 6.45) is 3.09. The first kappa shape index (κ1) is 12.3. The maximum Gasteiger partial charge on any atom is 0.248 e. The van der Waals surface area contributed by atoms with Gasteiger partial charge in [-0.1, -0.05) is 35.5 Å². The van der Waals surface area contributed by atoms with Gasteiger partial charge in [0, 0.05) is 13.0 Å². The number of rotatable bonds is 4. The molecule has 1 aromatic carbocycles. The molecular formula is C14H17N3O2. The van der Waals surface area contributed by atoms with Gasteiger partial charge < -0.3 is 15.0 Å². The summed E-state index contributed by atoms with van der Waals surface area (Å²) < 4.78 is 10.8. The van der Waals surface area contributed by atoms with Crippen LogP contribution >= 0.6 is 0 Å². The summed E-state index contributed by atoms with van der Waals surface area (Å²) >= 11 is 0. The zero-order valence-corrected chi connectivity index (χ0v) is 10.7. The molecule has 1 unspecified atom stereocenters. The number of nitrogens with two attached hydrogens (primary N) is 1. The molecule has 2 heterocycles. The molecule has 0 bridgehead atoms. The topological polar surface area (TPSA) is 74.2 Å². The second kappa shape index (κ2) is 5.50. The zero-order chi connectivity index (χ0) is 13.1. The molecule has 5 nitrogen and oxygen atoms in total. The van der Waals surface area contributed by atoms with E-state index >= 15 is 0 Å². The Hall–Kier alpha value is -1.72. The highest BCUT2D eigenvalue weighted by Gasteiger charge is 2.21. The largest absolute Gasteiger partial charge is 0.378 e. The van der Waals surface area contributed by atoms with E-state index in [0.717, 1.165) is 25.0 Å². The average molecular weight is 259 g/mol. The van der Waals surface area contributed by atoms with Crippen LogP contribution in [0, 0.1) is 0 Å². The van der Waals surface area contributed by atoms with Gasteiger partial charge in [-0.3, -0.25) is 0 Å². The van der Waals surface area contributed by atoms with Gasteiger partial charge >= 0.3 is 0 Å².